The summed E-state index contributed by atoms with van der Waals surface area (Å²) in [5.74, 6) is -1.36. The maximum Gasteiger partial charge on any atom is 0.417 e. The maximum atomic E-state index is 13.8. The molecule has 2 amide bonds. The van der Waals surface area contributed by atoms with Gasteiger partial charge in [-0.15, -0.1) is 0 Å². The standard InChI is InChI=1S/C34H39N5O8/c1-2-44-30(40)22-45-28-15-9-6-12-24(28)20-27(33(42)47-34(43)39-18-16-35-17-19-39)37-32(41)26-21-29(46-25-13-7-8-14-25)38-31(36-26)23-10-4-3-5-11-23/h3-6,9-12,15,21,25,27,35H,2,7-8,13-14,16-20,22H2,1H3,(H,37,41). The normalized spacial score (nSPS) is 15.4. The second kappa shape index (κ2) is 16.5. The van der Waals surface area contributed by atoms with Crippen LogP contribution in [0.2, 0.25) is 0 Å². The number of nitrogens with one attached hydrogen (secondary N) is 2. The lowest BCUT2D eigenvalue weighted by Crippen LogP contribution is -2.49. The average molecular weight is 646 g/mol. The van der Waals surface area contributed by atoms with Crippen molar-refractivity contribution in [1.29, 1.82) is 0 Å². The molecule has 13 heteroatoms. The van der Waals surface area contributed by atoms with E-state index in [0.717, 1.165) is 25.7 Å². The molecule has 0 bridgehead atoms. The van der Waals surface area contributed by atoms with E-state index in [-0.39, 0.29) is 43.1 Å². The van der Waals surface area contributed by atoms with Gasteiger partial charge in [0.25, 0.3) is 5.91 Å². The molecule has 1 aliphatic carbocycles. The Hall–Kier alpha value is -5.04. The van der Waals surface area contributed by atoms with E-state index in [2.05, 4.69) is 20.6 Å². The van der Waals surface area contributed by atoms with Gasteiger partial charge in [0.15, 0.2) is 12.4 Å². The summed E-state index contributed by atoms with van der Waals surface area (Å²) in [7, 11) is 0. The van der Waals surface area contributed by atoms with Crippen LogP contribution in [0.3, 0.4) is 0 Å². The minimum Gasteiger partial charge on any atom is -0.482 e. The molecule has 3 aromatic rings. The molecule has 2 aliphatic rings. The lowest BCUT2D eigenvalue weighted by atomic mass is 10.0. The van der Waals surface area contributed by atoms with E-state index in [4.69, 9.17) is 18.9 Å². The number of para-hydroxylation sites is 1. The zero-order valence-electron chi connectivity index (χ0n) is 26.3. The number of esters is 2. The van der Waals surface area contributed by atoms with Crippen molar-refractivity contribution in [2.45, 2.75) is 51.2 Å². The van der Waals surface area contributed by atoms with Crippen molar-refractivity contribution in [3.63, 3.8) is 0 Å². The third kappa shape index (κ3) is 9.49. The molecule has 1 saturated heterocycles. The van der Waals surface area contributed by atoms with Gasteiger partial charge in [0.1, 0.15) is 23.6 Å². The number of carbonyl (C=O) groups excluding carboxylic acids is 4. The van der Waals surface area contributed by atoms with Gasteiger partial charge in [0.2, 0.25) is 5.88 Å². The van der Waals surface area contributed by atoms with Gasteiger partial charge in [-0.25, -0.2) is 19.4 Å². The number of nitrogens with zero attached hydrogens (tertiary/aromatic N) is 3. The molecule has 1 aromatic heterocycles. The molecule has 2 heterocycles. The van der Waals surface area contributed by atoms with Gasteiger partial charge >= 0.3 is 18.0 Å². The van der Waals surface area contributed by atoms with Crippen molar-refractivity contribution in [2.75, 3.05) is 39.4 Å². The van der Waals surface area contributed by atoms with Gasteiger partial charge in [0.05, 0.1) is 6.61 Å². The minimum absolute atomic E-state index is 0.0192. The van der Waals surface area contributed by atoms with E-state index in [1.807, 2.05) is 30.3 Å². The van der Waals surface area contributed by atoms with Gasteiger partial charge in [-0.3, -0.25) is 4.79 Å². The summed E-state index contributed by atoms with van der Waals surface area (Å²) in [6.07, 6.45) is 2.95. The van der Waals surface area contributed by atoms with Gasteiger partial charge in [0, 0.05) is 44.2 Å². The van der Waals surface area contributed by atoms with Crippen molar-refractivity contribution in [3.05, 3.63) is 71.9 Å². The molecular weight excluding hydrogens is 606 g/mol. The van der Waals surface area contributed by atoms with Crippen LogP contribution in [0.1, 0.15) is 48.7 Å². The number of hydrogen-bond acceptors (Lipinski definition) is 11. The molecule has 47 heavy (non-hydrogen) atoms. The first kappa shape index (κ1) is 33.3. The van der Waals surface area contributed by atoms with Gasteiger partial charge in [-0.2, -0.15) is 4.98 Å². The highest BCUT2D eigenvalue weighted by Gasteiger charge is 2.30. The fourth-order valence-corrected chi connectivity index (χ4v) is 5.36. The third-order valence-corrected chi connectivity index (χ3v) is 7.76. The topological polar surface area (TPSA) is 158 Å². The van der Waals surface area contributed by atoms with E-state index >= 15 is 0 Å². The number of rotatable bonds is 12. The quantitative estimate of drug-likeness (QED) is 0.220. The van der Waals surface area contributed by atoms with Crippen molar-refractivity contribution in [3.8, 4) is 23.0 Å². The van der Waals surface area contributed by atoms with Crippen LogP contribution in [0.5, 0.6) is 11.6 Å². The van der Waals surface area contributed by atoms with Crippen LogP contribution in [0, 0.1) is 0 Å². The molecule has 1 saturated carbocycles. The molecule has 2 aromatic carbocycles. The summed E-state index contributed by atoms with van der Waals surface area (Å²) < 4.78 is 22.1. The zero-order chi connectivity index (χ0) is 33.0. The van der Waals surface area contributed by atoms with Gasteiger partial charge in [-0.1, -0.05) is 48.5 Å². The minimum atomic E-state index is -1.32. The Morgan fingerprint density at radius 2 is 1.70 bits per heavy atom. The molecule has 248 valence electrons. The van der Waals surface area contributed by atoms with Crippen LogP contribution in [-0.4, -0.2) is 90.3 Å². The van der Waals surface area contributed by atoms with E-state index in [1.54, 1.807) is 31.2 Å². The van der Waals surface area contributed by atoms with Gasteiger partial charge < -0.3 is 34.5 Å². The largest absolute Gasteiger partial charge is 0.482 e. The van der Waals surface area contributed by atoms with Crippen LogP contribution in [0.25, 0.3) is 11.4 Å². The van der Waals surface area contributed by atoms with Crippen molar-refractivity contribution >= 4 is 23.9 Å². The van der Waals surface area contributed by atoms with E-state index < -0.39 is 30.0 Å². The highest BCUT2D eigenvalue weighted by molar-refractivity contribution is 5.97. The van der Waals surface area contributed by atoms with Crippen LogP contribution in [-0.2, 0) is 25.5 Å². The summed E-state index contributed by atoms with van der Waals surface area (Å²) in [5, 5.41) is 5.85. The smallest absolute Gasteiger partial charge is 0.417 e. The molecule has 0 spiro atoms. The van der Waals surface area contributed by atoms with Crippen molar-refractivity contribution in [2.24, 2.45) is 0 Å². The summed E-state index contributed by atoms with van der Waals surface area (Å²) in [6, 6.07) is 16.1. The SMILES string of the molecule is CCOC(=O)COc1ccccc1CC(NC(=O)c1cc(OC2CCCC2)nc(-c2ccccc2)n1)C(=O)OC(=O)N1CCNCC1. The molecular formula is C34H39N5O8. The zero-order valence-corrected chi connectivity index (χ0v) is 26.3. The fourth-order valence-electron chi connectivity index (χ4n) is 5.36. The molecule has 5 rings (SSSR count). The van der Waals surface area contributed by atoms with Crippen LogP contribution >= 0.6 is 0 Å². The Balaban J connectivity index is 1.41. The fraction of sp³-hybridized carbons (Fsp3) is 0.412. The number of piperazine rings is 1. The molecule has 2 N–H and O–H groups in total. The number of hydrogen-bond donors (Lipinski definition) is 2. The number of amides is 2. The summed E-state index contributed by atoms with van der Waals surface area (Å²) in [4.78, 5) is 62.7. The van der Waals surface area contributed by atoms with E-state index in [1.165, 1.54) is 11.0 Å². The Morgan fingerprint density at radius 1 is 0.979 bits per heavy atom. The van der Waals surface area contributed by atoms with Crippen molar-refractivity contribution in [1.82, 2.24) is 25.5 Å². The highest BCUT2D eigenvalue weighted by atomic mass is 16.6. The molecule has 1 aliphatic heterocycles. The predicted octanol–water partition coefficient (Wildman–Crippen LogP) is 3.32. The van der Waals surface area contributed by atoms with Crippen LogP contribution in [0.4, 0.5) is 4.79 Å². The van der Waals surface area contributed by atoms with Crippen molar-refractivity contribution < 1.29 is 38.1 Å². The molecule has 0 radical (unpaired) electrons. The number of carbonyl (C=O) groups is 4. The van der Waals surface area contributed by atoms with E-state index in [9.17, 15) is 19.2 Å². The highest BCUT2D eigenvalue weighted by Crippen LogP contribution is 2.26. The third-order valence-electron chi connectivity index (χ3n) is 7.76. The van der Waals surface area contributed by atoms with Crippen LogP contribution in [0.15, 0.2) is 60.7 Å². The summed E-state index contributed by atoms with van der Waals surface area (Å²) in [6.45, 7) is 3.43. The summed E-state index contributed by atoms with van der Waals surface area (Å²) >= 11 is 0. The molecule has 13 nitrogen and oxygen atoms in total. The second-order valence-corrected chi connectivity index (χ2v) is 11.2. The Morgan fingerprint density at radius 3 is 2.45 bits per heavy atom. The van der Waals surface area contributed by atoms with E-state index in [0.29, 0.717) is 43.1 Å². The number of aromatic nitrogens is 2. The molecule has 1 atom stereocenters. The Labute approximate surface area is 273 Å². The van der Waals surface area contributed by atoms with Gasteiger partial charge in [-0.05, 0) is 44.2 Å². The monoisotopic (exact) mass is 645 g/mol. The number of ether oxygens (including phenoxy) is 4. The molecule has 2 fully saturated rings. The molecule has 1 unspecified atom stereocenters. The Bertz CT molecular complexity index is 1540. The summed E-state index contributed by atoms with van der Waals surface area (Å²) in [5.41, 5.74) is 1.15. The second-order valence-electron chi connectivity index (χ2n) is 11.2. The average Bonchev–Trinajstić information content (AvgIpc) is 3.61. The first-order chi connectivity index (χ1) is 22.9. The first-order valence-corrected chi connectivity index (χ1v) is 15.9. The lowest BCUT2D eigenvalue weighted by molar-refractivity contribution is -0.145. The number of benzene rings is 2. The Kier molecular flexibility index (Phi) is 11.7. The van der Waals surface area contributed by atoms with Crippen LogP contribution < -0.4 is 20.1 Å². The maximum absolute atomic E-state index is 13.8. The lowest BCUT2D eigenvalue weighted by Gasteiger charge is -2.27. The first-order valence-electron chi connectivity index (χ1n) is 15.9. The predicted molar refractivity (Wildman–Crippen MR) is 170 cm³/mol.